The molecule has 6 nitrogen and oxygen atoms in total. The van der Waals surface area contributed by atoms with Gasteiger partial charge in [-0.3, -0.25) is 4.79 Å². The molecule has 148 valence electrons. The second-order valence-electron chi connectivity index (χ2n) is 7.68. The van der Waals surface area contributed by atoms with Gasteiger partial charge in [0.05, 0.1) is 5.41 Å². The molecular weight excluding hydrogens is 373 g/mol. The Morgan fingerprint density at radius 2 is 1.86 bits per heavy atom. The van der Waals surface area contributed by atoms with Crippen molar-refractivity contribution in [3.8, 4) is 5.75 Å². The van der Waals surface area contributed by atoms with Crippen molar-refractivity contribution >= 4 is 11.6 Å². The predicted octanol–water partition coefficient (Wildman–Crippen LogP) is 4.34. The zero-order valence-electron chi connectivity index (χ0n) is 15.7. The molecule has 0 radical (unpaired) electrons. The normalized spacial score (nSPS) is 17.0. The lowest BCUT2D eigenvalue weighted by molar-refractivity contribution is -0.118. The van der Waals surface area contributed by atoms with E-state index in [0.29, 0.717) is 29.1 Å². The van der Waals surface area contributed by atoms with Gasteiger partial charge in [-0.1, -0.05) is 17.3 Å². The highest BCUT2D eigenvalue weighted by atomic mass is 19.1. The Hall–Kier alpha value is -3.22. The van der Waals surface area contributed by atoms with Crippen LogP contribution in [0.2, 0.25) is 0 Å². The maximum atomic E-state index is 13.2. The predicted molar refractivity (Wildman–Crippen MR) is 103 cm³/mol. The number of hydrogen-bond donors (Lipinski definition) is 1. The standard InChI is InChI=1S/C22H20FN3O3/c23-16-5-3-15(4-6-16)22(11-12-22)21(27)24-17-7-9-18(10-8-17)28-13-19-25-20(29-26-19)14-1-2-14/h3-10,14H,1-2,11-13H2,(H,24,27). The van der Waals surface area contributed by atoms with Crippen molar-refractivity contribution in [2.45, 2.75) is 43.6 Å². The quantitative estimate of drug-likeness (QED) is 0.646. The SMILES string of the molecule is O=C(Nc1ccc(OCc2noc(C3CC3)n2)cc1)C1(c2ccc(F)cc2)CC1. The largest absolute Gasteiger partial charge is 0.485 e. The monoisotopic (exact) mass is 393 g/mol. The fourth-order valence-electron chi connectivity index (χ4n) is 3.40. The van der Waals surface area contributed by atoms with E-state index in [-0.39, 0.29) is 18.3 Å². The summed E-state index contributed by atoms with van der Waals surface area (Å²) in [6.45, 7) is 0.232. The molecule has 1 aromatic heterocycles. The van der Waals surface area contributed by atoms with Crippen LogP contribution in [0.5, 0.6) is 5.75 Å². The van der Waals surface area contributed by atoms with Crippen molar-refractivity contribution in [1.82, 2.24) is 10.1 Å². The Labute approximate surface area is 167 Å². The molecule has 0 bridgehead atoms. The average Bonchev–Trinajstić information content (AvgIpc) is 3.67. The summed E-state index contributed by atoms with van der Waals surface area (Å²) in [5.74, 6) is 1.92. The van der Waals surface area contributed by atoms with Crippen LogP contribution in [0.1, 0.15) is 48.9 Å². The van der Waals surface area contributed by atoms with Crippen LogP contribution in [0.15, 0.2) is 53.1 Å². The molecule has 1 N–H and O–H groups in total. The van der Waals surface area contributed by atoms with Crippen molar-refractivity contribution in [2.75, 3.05) is 5.32 Å². The summed E-state index contributed by atoms with van der Waals surface area (Å²) in [6, 6.07) is 13.3. The van der Waals surface area contributed by atoms with Crippen LogP contribution < -0.4 is 10.1 Å². The Bertz CT molecular complexity index is 1020. The van der Waals surface area contributed by atoms with Gasteiger partial charge in [0.1, 0.15) is 11.6 Å². The minimum absolute atomic E-state index is 0.0721. The summed E-state index contributed by atoms with van der Waals surface area (Å²) >= 11 is 0. The molecule has 5 rings (SSSR count). The molecule has 0 aliphatic heterocycles. The number of carbonyl (C=O) groups is 1. The van der Waals surface area contributed by atoms with Gasteiger partial charge < -0.3 is 14.6 Å². The third-order valence-electron chi connectivity index (χ3n) is 5.47. The Kier molecular flexibility index (Phi) is 4.30. The number of amides is 1. The maximum Gasteiger partial charge on any atom is 0.235 e. The van der Waals surface area contributed by atoms with E-state index in [0.717, 1.165) is 31.2 Å². The number of carbonyl (C=O) groups excluding carboxylic acids is 1. The first-order chi connectivity index (χ1) is 14.1. The molecule has 1 amide bonds. The number of ether oxygens (including phenoxy) is 1. The maximum absolute atomic E-state index is 13.2. The van der Waals surface area contributed by atoms with Crippen LogP contribution in [-0.4, -0.2) is 16.0 Å². The van der Waals surface area contributed by atoms with Crippen molar-refractivity contribution in [3.05, 3.63) is 71.6 Å². The van der Waals surface area contributed by atoms with Crippen molar-refractivity contribution in [3.63, 3.8) is 0 Å². The third-order valence-corrected chi connectivity index (χ3v) is 5.47. The van der Waals surface area contributed by atoms with Gasteiger partial charge in [0.15, 0.2) is 6.61 Å². The number of rotatable bonds is 7. The summed E-state index contributed by atoms with van der Waals surface area (Å²) < 4.78 is 24.1. The van der Waals surface area contributed by atoms with Crippen LogP contribution in [0.4, 0.5) is 10.1 Å². The summed E-state index contributed by atoms with van der Waals surface area (Å²) in [5.41, 5.74) is 0.981. The van der Waals surface area contributed by atoms with Crippen molar-refractivity contribution in [2.24, 2.45) is 0 Å². The Morgan fingerprint density at radius 3 is 2.52 bits per heavy atom. The highest BCUT2D eigenvalue weighted by molar-refractivity contribution is 6.01. The molecule has 7 heteroatoms. The van der Waals surface area contributed by atoms with Gasteiger partial charge in [-0.15, -0.1) is 0 Å². The van der Waals surface area contributed by atoms with E-state index in [1.54, 1.807) is 36.4 Å². The molecule has 3 aromatic rings. The first-order valence-electron chi connectivity index (χ1n) is 9.75. The Morgan fingerprint density at radius 1 is 1.14 bits per heavy atom. The lowest BCUT2D eigenvalue weighted by Crippen LogP contribution is -2.27. The summed E-state index contributed by atoms with van der Waals surface area (Å²) in [5, 5.41) is 6.88. The lowest BCUT2D eigenvalue weighted by Gasteiger charge is -2.16. The van der Waals surface area contributed by atoms with E-state index in [1.165, 1.54) is 12.1 Å². The smallest absolute Gasteiger partial charge is 0.235 e. The fraction of sp³-hybridized carbons (Fsp3) is 0.318. The minimum atomic E-state index is -0.555. The second-order valence-corrected chi connectivity index (χ2v) is 7.68. The average molecular weight is 393 g/mol. The number of benzene rings is 2. The van der Waals surface area contributed by atoms with Gasteiger partial charge in [-0.25, -0.2) is 4.39 Å². The van der Waals surface area contributed by atoms with Gasteiger partial charge in [0.25, 0.3) is 0 Å². The van der Waals surface area contributed by atoms with E-state index in [9.17, 15) is 9.18 Å². The third kappa shape index (κ3) is 3.72. The molecule has 0 atom stereocenters. The number of nitrogens with zero attached hydrogens (tertiary/aromatic N) is 2. The molecule has 2 aliphatic rings. The van der Waals surface area contributed by atoms with E-state index in [2.05, 4.69) is 15.5 Å². The summed E-state index contributed by atoms with van der Waals surface area (Å²) in [6.07, 6.45) is 3.74. The zero-order chi connectivity index (χ0) is 19.8. The Balaban J connectivity index is 1.19. The molecule has 0 saturated heterocycles. The second kappa shape index (κ2) is 6.99. The molecular formula is C22H20FN3O3. The molecule has 29 heavy (non-hydrogen) atoms. The number of nitrogens with one attached hydrogen (secondary N) is 1. The summed E-state index contributed by atoms with van der Waals surface area (Å²) in [4.78, 5) is 17.1. The molecule has 2 saturated carbocycles. The van der Waals surface area contributed by atoms with Crippen LogP contribution in [0.25, 0.3) is 0 Å². The first-order valence-corrected chi connectivity index (χ1v) is 9.75. The number of halogens is 1. The van der Waals surface area contributed by atoms with Gasteiger partial charge in [-0.05, 0) is 67.6 Å². The van der Waals surface area contributed by atoms with E-state index in [1.807, 2.05) is 0 Å². The number of anilines is 1. The first kappa shape index (κ1) is 17.8. The number of aromatic nitrogens is 2. The topological polar surface area (TPSA) is 77.2 Å². The molecule has 0 spiro atoms. The lowest BCUT2D eigenvalue weighted by atomic mass is 9.95. The highest BCUT2D eigenvalue weighted by Gasteiger charge is 2.51. The molecule has 0 unspecified atom stereocenters. The van der Waals surface area contributed by atoms with Gasteiger partial charge >= 0.3 is 0 Å². The highest BCUT2D eigenvalue weighted by Crippen LogP contribution is 2.49. The minimum Gasteiger partial charge on any atom is -0.485 e. The van der Waals surface area contributed by atoms with Gasteiger partial charge in [0.2, 0.25) is 17.6 Å². The van der Waals surface area contributed by atoms with Gasteiger partial charge in [0, 0.05) is 11.6 Å². The molecule has 2 fully saturated rings. The summed E-state index contributed by atoms with van der Waals surface area (Å²) in [7, 11) is 0. The van der Waals surface area contributed by atoms with E-state index < -0.39 is 5.41 Å². The van der Waals surface area contributed by atoms with Crippen LogP contribution in [0.3, 0.4) is 0 Å². The fourth-order valence-corrected chi connectivity index (χ4v) is 3.40. The van der Waals surface area contributed by atoms with Crippen molar-refractivity contribution < 1.29 is 18.4 Å². The molecule has 1 heterocycles. The van der Waals surface area contributed by atoms with Crippen molar-refractivity contribution in [1.29, 1.82) is 0 Å². The van der Waals surface area contributed by atoms with Crippen LogP contribution >= 0.6 is 0 Å². The zero-order valence-corrected chi connectivity index (χ0v) is 15.7. The molecule has 2 aromatic carbocycles. The van der Waals surface area contributed by atoms with Crippen LogP contribution in [-0.2, 0) is 16.8 Å². The van der Waals surface area contributed by atoms with Crippen LogP contribution in [0, 0.1) is 5.82 Å². The molecule has 2 aliphatic carbocycles. The van der Waals surface area contributed by atoms with E-state index in [4.69, 9.17) is 9.26 Å². The van der Waals surface area contributed by atoms with E-state index >= 15 is 0 Å². The van der Waals surface area contributed by atoms with Gasteiger partial charge in [-0.2, -0.15) is 4.98 Å². The number of hydrogen-bond acceptors (Lipinski definition) is 5.